The van der Waals surface area contributed by atoms with Gasteiger partial charge in [0.25, 0.3) is 0 Å². The van der Waals surface area contributed by atoms with E-state index in [2.05, 4.69) is 4.98 Å². The maximum absolute atomic E-state index is 10.2. The third-order valence-corrected chi connectivity index (χ3v) is 1.99. The van der Waals surface area contributed by atoms with Crippen molar-refractivity contribution in [1.82, 2.24) is 4.98 Å². The Bertz CT molecular complexity index is 566. The van der Waals surface area contributed by atoms with Gasteiger partial charge in [-0.15, -0.1) is 0 Å². The first-order valence-electron chi connectivity index (χ1n) is 4.66. The molecule has 1 N–H and O–H groups in total. The first-order chi connectivity index (χ1) is 7.75. The van der Waals surface area contributed by atoms with Crippen LogP contribution in [0.4, 0.5) is 0 Å². The summed E-state index contributed by atoms with van der Waals surface area (Å²) in [6, 6.07) is 5.57. The van der Waals surface area contributed by atoms with E-state index in [1.807, 2.05) is 18.2 Å². The summed E-state index contributed by atoms with van der Waals surface area (Å²) in [5, 5.41) is 8.38. The Kier molecular flexibility index (Phi) is 2.82. The van der Waals surface area contributed by atoms with Gasteiger partial charge in [-0.1, -0.05) is 24.3 Å². The van der Waals surface area contributed by atoms with Crippen LogP contribution in [0.2, 0.25) is 0 Å². The molecule has 0 bridgehead atoms. The van der Waals surface area contributed by atoms with E-state index in [4.69, 9.17) is 9.52 Å². The van der Waals surface area contributed by atoms with Crippen LogP contribution in [-0.2, 0) is 4.79 Å². The molecule has 0 saturated carbocycles. The van der Waals surface area contributed by atoms with Crippen LogP contribution >= 0.6 is 0 Å². The minimum atomic E-state index is -0.963. The predicted molar refractivity (Wildman–Crippen MR) is 59.8 cm³/mol. The molecule has 0 aliphatic carbocycles. The third kappa shape index (κ3) is 2.36. The average molecular weight is 215 g/mol. The Morgan fingerprint density at radius 3 is 3.06 bits per heavy atom. The molecule has 0 spiro atoms. The molecule has 0 unspecified atom stereocenters. The second kappa shape index (κ2) is 4.44. The average Bonchev–Trinajstić information content (AvgIpc) is 2.71. The number of aromatic nitrogens is 1. The van der Waals surface area contributed by atoms with Crippen LogP contribution in [0.1, 0.15) is 5.56 Å². The molecule has 1 heterocycles. The molecule has 2 rings (SSSR count). The number of fused-ring (bicyclic) bond motifs is 1. The van der Waals surface area contributed by atoms with Crippen LogP contribution in [0.5, 0.6) is 0 Å². The molecule has 0 radical (unpaired) electrons. The Hall–Kier alpha value is -2.36. The zero-order chi connectivity index (χ0) is 11.4. The first-order valence-corrected chi connectivity index (χ1v) is 4.66. The smallest absolute Gasteiger partial charge is 0.328 e. The number of carbonyl (C=O) groups is 1. The lowest BCUT2D eigenvalue weighted by molar-refractivity contribution is -0.131. The van der Waals surface area contributed by atoms with Crippen LogP contribution in [0.15, 0.2) is 47.2 Å². The number of benzene rings is 1. The monoisotopic (exact) mass is 215 g/mol. The number of carboxylic acid groups (broad SMARTS) is 1. The second-order valence-corrected chi connectivity index (χ2v) is 3.14. The molecule has 0 fully saturated rings. The van der Waals surface area contributed by atoms with Gasteiger partial charge in [0.05, 0.1) is 0 Å². The van der Waals surface area contributed by atoms with Gasteiger partial charge in [-0.25, -0.2) is 9.78 Å². The van der Waals surface area contributed by atoms with E-state index in [1.165, 1.54) is 12.5 Å². The lowest BCUT2D eigenvalue weighted by Gasteiger charge is -1.90. The Morgan fingerprint density at radius 2 is 2.25 bits per heavy atom. The fourth-order valence-corrected chi connectivity index (χ4v) is 1.28. The molecule has 80 valence electrons. The van der Waals surface area contributed by atoms with Crippen molar-refractivity contribution in [3.05, 3.63) is 48.4 Å². The number of aliphatic carboxylic acids is 1. The van der Waals surface area contributed by atoms with E-state index < -0.39 is 5.97 Å². The van der Waals surface area contributed by atoms with Gasteiger partial charge in [0.2, 0.25) is 0 Å². The van der Waals surface area contributed by atoms with E-state index in [0.717, 1.165) is 17.2 Å². The van der Waals surface area contributed by atoms with Crippen molar-refractivity contribution in [3.8, 4) is 0 Å². The van der Waals surface area contributed by atoms with E-state index in [9.17, 15) is 4.79 Å². The number of nitrogens with zero attached hydrogens (tertiary/aromatic N) is 1. The lowest BCUT2D eigenvalue weighted by atomic mass is 10.2. The van der Waals surface area contributed by atoms with Crippen molar-refractivity contribution in [3.63, 3.8) is 0 Å². The maximum atomic E-state index is 10.2. The zero-order valence-electron chi connectivity index (χ0n) is 8.33. The highest BCUT2D eigenvalue weighted by Gasteiger charge is 1.96. The minimum Gasteiger partial charge on any atom is -0.478 e. The summed E-state index contributed by atoms with van der Waals surface area (Å²) in [6.07, 6.45) is 7.38. The van der Waals surface area contributed by atoms with Gasteiger partial charge in [-0.3, -0.25) is 0 Å². The molecule has 0 aliphatic heterocycles. The number of oxazole rings is 1. The molecular weight excluding hydrogens is 206 g/mol. The van der Waals surface area contributed by atoms with E-state index >= 15 is 0 Å². The number of hydrogen-bond donors (Lipinski definition) is 1. The van der Waals surface area contributed by atoms with Crippen molar-refractivity contribution in [1.29, 1.82) is 0 Å². The van der Waals surface area contributed by atoms with E-state index in [-0.39, 0.29) is 0 Å². The molecule has 4 nitrogen and oxygen atoms in total. The summed E-state index contributed by atoms with van der Waals surface area (Å²) in [6.45, 7) is 0. The van der Waals surface area contributed by atoms with Crippen molar-refractivity contribution in [2.24, 2.45) is 0 Å². The normalized spacial score (nSPS) is 11.8. The van der Waals surface area contributed by atoms with E-state index in [0.29, 0.717) is 5.58 Å². The number of hydrogen-bond acceptors (Lipinski definition) is 3. The summed E-state index contributed by atoms with van der Waals surface area (Å²) in [7, 11) is 0. The summed E-state index contributed by atoms with van der Waals surface area (Å²) in [5.74, 6) is -0.963. The first kappa shape index (κ1) is 10.2. The maximum Gasteiger partial charge on any atom is 0.328 e. The molecule has 0 aliphatic rings. The van der Waals surface area contributed by atoms with Crippen LogP contribution in [0.25, 0.3) is 17.2 Å². The van der Waals surface area contributed by atoms with Crippen LogP contribution < -0.4 is 0 Å². The molecule has 1 aromatic carbocycles. The molecule has 0 saturated heterocycles. The summed E-state index contributed by atoms with van der Waals surface area (Å²) in [4.78, 5) is 14.2. The summed E-state index contributed by atoms with van der Waals surface area (Å²) in [5.41, 5.74) is 2.45. The van der Waals surface area contributed by atoms with Gasteiger partial charge >= 0.3 is 5.97 Å². The van der Waals surface area contributed by atoms with Gasteiger partial charge in [0.1, 0.15) is 5.52 Å². The van der Waals surface area contributed by atoms with Crippen LogP contribution in [-0.4, -0.2) is 16.1 Å². The van der Waals surface area contributed by atoms with Crippen molar-refractivity contribution >= 4 is 23.1 Å². The van der Waals surface area contributed by atoms with Gasteiger partial charge in [-0.05, 0) is 17.7 Å². The Morgan fingerprint density at radius 1 is 1.38 bits per heavy atom. The highest BCUT2D eigenvalue weighted by Crippen LogP contribution is 2.15. The number of allylic oxidation sites excluding steroid dienone is 2. The number of carboxylic acids is 1. The number of rotatable bonds is 3. The van der Waals surface area contributed by atoms with Crippen molar-refractivity contribution in [2.45, 2.75) is 0 Å². The zero-order valence-corrected chi connectivity index (χ0v) is 8.33. The third-order valence-electron chi connectivity index (χ3n) is 1.99. The van der Waals surface area contributed by atoms with Crippen molar-refractivity contribution < 1.29 is 14.3 Å². The molecule has 0 amide bonds. The molecular formula is C12H9NO3. The fourth-order valence-electron chi connectivity index (χ4n) is 1.28. The highest BCUT2D eigenvalue weighted by atomic mass is 16.4. The largest absolute Gasteiger partial charge is 0.478 e. The molecule has 0 atom stereocenters. The van der Waals surface area contributed by atoms with Gasteiger partial charge in [0, 0.05) is 6.08 Å². The Balaban J connectivity index is 2.17. The topological polar surface area (TPSA) is 63.3 Å². The predicted octanol–water partition coefficient (Wildman–Crippen LogP) is 2.48. The highest BCUT2D eigenvalue weighted by molar-refractivity contribution is 5.80. The molecule has 16 heavy (non-hydrogen) atoms. The SMILES string of the molecule is O=C(O)/C=C/C=C/c1ccc2ncoc2c1. The van der Waals surface area contributed by atoms with Gasteiger partial charge < -0.3 is 9.52 Å². The van der Waals surface area contributed by atoms with Gasteiger partial charge in [0.15, 0.2) is 12.0 Å². The Labute approximate surface area is 91.5 Å². The second-order valence-electron chi connectivity index (χ2n) is 3.14. The standard InChI is InChI=1S/C12H9NO3/c14-12(15)4-2-1-3-9-5-6-10-11(7-9)16-8-13-10/h1-8H,(H,14,15)/b3-1+,4-2+. The lowest BCUT2D eigenvalue weighted by Crippen LogP contribution is -1.84. The summed E-state index contributed by atoms with van der Waals surface area (Å²) >= 11 is 0. The molecule has 4 heteroatoms. The molecule has 2 aromatic rings. The van der Waals surface area contributed by atoms with Crippen LogP contribution in [0, 0.1) is 0 Å². The quantitative estimate of drug-likeness (QED) is 0.631. The van der Waals surface area contributed by atoms with E-state index in [1.54, 1.807) is 12.2 Å². The van der Waals surface area contributed by atoms with Crippen molar-refractivity contribution in [2.75, 3.05) is 0 Å². The van der Waals surface area contributed by atoms with Crippen LogP contribution in [0.3, 0.4) is 0 Å². The minimum absolute atomic E-state index is 0.712. The molecule has 1 aromatic heterocycles. The van der Waals surface area contributed by atoms with Gasteiger partial charge in [-0.2, -0.15) is 0 Å². The fraction of sp³-hybridized carbons (Fsp3) is 0. The summed E-state index contributed by atoms with van der Waals surface area (Å²) < 4.78 is 5.15.